The van der Waals surface area contributed by atoms with E-state index in [2.05, 4.69) is 4.98 Å². The number of hydrogen-bond donors (Lipinski definition) is 0. The van der Waals surface area contributed by atoms with Crippen LogP contribution < -0.4 is 5.56 Å². The van der Waals surface area contributed by atoms with E-state index in [0.29, 0.717) is 30.5 Å². The van der Waals surface area contributed by atoms with Gasteiger partial charge in [0.2, 0.25) is 0 Å². The first-order valence-corrected chi connectivity index (χ1v) is 6.70. The zero-order valence-corrected chi connectivity index (χ0v) is 11.7. The molecule has 0 bridgehead atoms. The fourth-order valence-corrected chi connectivity index (χ4v) is 1.84. The smallest absolute Gasteiger partial charge is 0.308 e. The standard InChI is InChI=1S/C15H18N2O3/c1-11(2)15(19)20-9-5-8-17-10-16-13-7-4-3-6-12(13)14(17)18/h3-4,6-7,10-11H,5,8-9H2,1-2H3. The summed E-state index contributed by atoms with van der Waals surface area (Å²) in [5.74, 6) is -0.339. The van der Waals surface area contributed by atoms with Crippen molar-refractivity contribution in [1.29, 1.82) is 0 Å². The summed E-state index contributed by atoms with van der Waals surface area (Å²) in [4.78, 5) is 27.7. The summed E-state index contributed by atoms with van der Waals surface area (Å²) in [5.41, 5.74) is 0.630. The number of para-hydroxylation sites is 1. The topological polar surface area (TPSA) is 61.2 Å². The molecule has 5 nitrogen and oxygen atoms in total. The first kappa shape index (κ1) is 14.2. The van der Waals surface area contributed by atoms with Crippen molar-refractivity contribution in [3.8, 4) is 0 Å². The fraction of sp³-hybridized carbons (Fsp3) is 0.400. The van der Waals surface area contributed by atoms with Crippen LogP contribution in [0.4, 0.5) is 0 Å². The molecule has 0 aliphatic heterocycles. The highest BCUT2D eigenvalue weighted by atomic mass is 16.5. The van der Waals surface area contributed by atoms with Gasteiger partial charge in [-0.3, -0.25) is 14.2 Å². The van der Waals surface area contributed by atoms with Crippen molar-refractivity contribution in [2.45, 2.75) is 26.8 Å². The summed E-state index contributed by atoms with van der Waals surface area (Å²) in [6, 6.07) is 7.25. The maximum atomic E-state index is 12.2. The maximum Gasteiger partial charge on any atom is 0.308 e. The van der Waals surface area contributed by atoms with Crippen molar-refractivity contribution in [2.24, 2.45) is 5.92 Å². The molecular weight excluding hydrogens is 256 g/mol. The Balaban J connectivity index is 1.99. The number of ether oxygens (including phenoxy) is 1. The predicted octanol–water partition coefficient (Wildman–Crippen LogP) is 1.99. The van der Waals surface area contributed by atoms with Gasteiger partial charge in [-0.25, -0.2) is 4.98 Å². The van der Waals surface area contributed by atoms with Crippen LogP contribution in [0.2, 0.25) is 0 Å². The van der Waals surface area contributed by atoms with E-state index in [0.717, 1.165) is 0 Å². The van der Waals surface area contributed by atoms with Crippen LogP contribution in [-0.4, -0.2) is 22.1 Å². The van der Waals surface area contributed by atoms with Gasteiger partial charge in [-0.15, -0.1) is 0 Å². The molecule has 0 aliphatic carbocycles. The van der Waals surface area contributed by atoms with Gasteiger partial charge < -0.3 is 4.74 Å². The second-order valence-electron chi connectivity index (χ2n) is 4.94. The summed E-state index contributed by atoms with van der Waals surface area (Å²) < 4.78 is 6.62. The molecule has 0 fully saturated rings. The van der Waals surface area contributed by atoms with Gasteiger partial charge >= 0.3 is 5.97 Å². The molecule has 20 heavy (non-hydrogen) atoms. The number of aryl methyl sites for hydroxylation is 1. The summed E-state index contributed by atoms with van der Waals surface area (Å²) in [6.07, 6.45) is 2.13. The number of benzene rings is 1. The molecule has 0 N–H and O–H groups in total. The van der Waals surface area contributed by atoms with Gasteiger partial charge in [0.15, 0.2) is 0 Å². The third kappa shape index (κ3) is 3.23. The van der Waals surface area contributed by atoms with E-state index in [4.69, 9.17) is 4.74 Å². The van der Waals surface area contributed by atoms with E-state index in [9.17, 15) is 9.59 Å². The zero-order valence-electron chi connectivity index (χ0n) is 11.7. The van der Waals surface area contributed by atoms with Crippen LogP contribution in [0.5, 0.6) is 0 Å². The minimum Gasteiger partial charge on any atom is -0.465 e. The number of aromatic nitrogens is 2. The molecule has 106 valence electrons. The molecule has 0 aliphatic rings. The van der Waals surface area contributed by atoms with Gasteiger partial charge in [0.05, 0.1) is 29.8 Å². The summed E-state index contributed by atoms with van der Waals surface area (Å²) in [6.45, 7) is 4.39. The lowest BCUT2D eigenvalue weighted by molar-refractivity contribution is -0.147. The molecular formula is C15H18N2O3. The second-order valence-corrected chi connectivity index (χ2v) is 4.94. The molecule has 0 atom stereocenters. The third-order valence-corrected chi connectivity index (χ3v) is 2.99. The molecule has 2 rings (SSSR count). The molecule has 2 aromatic rings. The quantitative estimate of drug-likeness (QED) is 0.618. The number of nitrogens with zero attached hydrogens (tertiary/aromatic N) is 2. The molecule has 5 heteroatoms. The minimum atomic E-state index is -0.214. The maximum absolute atomic E-state index is 12.2. The van der Waals surface area contributed by atoms with Crippen molar-refractivity contribution in [2.75, 3.05) is 6.61 Å². The lowest BCUT2D eigenvalue weighted by Gasteiger charge is -2.08. The van der Waals surface area contributed by atoms with E-state index in [1.807, 2.05) is 18.2 Å². The monoisotopic (exact) mass is 274 g/mol. The SMILES string of the molecule is CC(C)C(=O)OCCCn1cnc2ccccc2c1=O. The molecule has 0 unspecified atom stereocenters. The van der Waals surface area contributed by atoms with Crippen LogP contribution in [0, 0.1) is 5.92 Å². The Hall–Kier alpha value is -2.17. The van der Waals surface area contributed by atoms with E-state index in [1.165, 1.54) is 6.33 Å². The number of hydrogen-bond acceptors (Lipinski definition) is 4. The van der Waals surface area contributed by atoms with Gasteiger partial charge in [0, 0.05) is 6.54 Å². The van der Waals surface area contributed by atoms with Crippen LogP contribution >= 0.6 is 0 Å². The van der Waals surface area contributed by atoms with Gasteiger partial charge in [-0.05, 0) is 18.6 Å². The first-order chi connectivity index (χ1) is 9.59. The predicted molar refractivity (Wildman–Crippen MR) is 76.4 cm³/mol. The number of carbonyl (C=O) groups is 1. The average molecular weight is 274 g/mol. The van der Waals surface area contributed by atoms with Gasteiger partial charge in [0.1, 0.15) is 0 Å². The first-order valence-electron chi connectivity index (χ1n) is 6.70. The van der Waals surface area contributed by atoms with E-state index in [-0.39, 0.29) is 17.4 Å². The summed E-state index contributed by atoms with van der Waals surface area (Å²) >= 11 is 0. The molecule has 0 radical (unpaired) electrons. The Labute approximate surface area is 117 Å². The van der Waals surface area contributed by atoms with Crippen LogP contribution in [0.1, 0.15) is 20.3 Å². The Morgan fingerprint density at radius 3 is 2.85 bits per heavy atom. The molecule has 0 amide bonds. The lowest BCUT2D eigenvalue weighted by atomic mass is 10.2. The van der Waals surface area contributed by atoms with Gasteiger partial charge in [-0.1, -0.05) is 26.0 Å². The van der Waals surface area contributed by atoms with Crippen LogP contribution in [-0.2, 0) is 16.1 Å². The van der Waals surface area contributed by atoms with Gasteiger partial charge in [0.25, 0.3) is 5.56 Å². The number of esters is 1. The fourth-order valence-electron chi connectivity index (χ4n) is 1.84. The molecule has 1 heterocycles. The normalized spacial score (nSPS) is 10.9. The molecule has 1 aromatic heterocycles. The van der Waals surface area contributed by atoms with Crippen LogP contribution in [0.25, 0.3) is 10.9 Å². The van der Waals surface area contributed by atoms with Crippen LogP contribution in [0.3, 0.4) is 0 Å². The molecule has 0 saturated carbocycles. The van der Waals surface area contributed by atoms with Crippen molar-refractivity contribution >= 4 is 16.9 Å². The Kier molecular flexibility index (Phi) is 4.50. The van der Waals surface area contributed by atoms with Crippen molar-refractivity contribution in [3.05, 3.63) is 40.9 Å². The number of carbonyl (C=O) groups excluding carboxylic acids is 1. The van der Waals surface area contributed by atoms with E-state index in [1.54, 1.807) is 24.5 Å². The van der Waals surface area contributed by atoms with Crippen molar-refractivity contribution < 1.29 is 9.53 Å². The van der Waals surface area contributed by atoms with Crippen molar-refractivity contribution in [1.82, 2.24) is 9.55 Å². The third-order valence-electron chi connectivity index (χ3n) is 2.99. The highest BCUT2D eigenvalue weighted by Crippen LogP contribution is 2.05. The Morgan fingerprint density at radius 2 is 2.10 bits per heavy atom. The zero-order chi connectivity index (χ0) is 14.5. The number of fused-ring (bicyclic) bond motifs is 1. The summed E-state index contributed by atoms with van der Waals surface area (Å²) in [5, 5.41) is 0.606. The Bertz CT molecular complexity index is 661. The summed E-state index contributed by atoms with van der Waals surface area (Å²) in [7, 11) is 0. The highest BCUT2D eigenvalue weighted by molar-refractivity contribution is 5.76. The molecule has 0 spiro atoms. The molecule has 0 saturated heterocycles. The second kappa shape index (κ2) is 6.32. The van der Waals surface area contributed by atoms with E-state index < -0.39 is 0 Å². The highest BCUT2D eigenvalue weighted by Gasteiger charge is 2.08. The van der Waals surface area contributed by atoms with E-state index >= 15 is 0 Å². The molecule has 1 aromatic carbocycles. The number of rotatable bonds is 5. The van der Waals surface area contributed by atoms with Gasteiger partial charge in [-0.2, -0.15) is 0 Å². The average Bonchev–Trinajstić information content (AvgIpc) is 2.45. The minimum absolute atomic E-state index is 0.0641. The van der Waals surface area contributed by atoms with Crippen molar-refractivity contribution in [3.63, 3.8) is 0 Å². The Morgan fingerprint density at radius 1 is 1.35 bits per heavy atom. The lowest BCUT2D eigenvalue weighted by Crippen LogP contribution is -2.22. The largest absolute Gasteiger partial charge is 0.465 e. The van der Waals surface area contributed by atoms with Crippen LogP contribution in [0.15, 0.2) is 35.4 Å².